The van der Waals surface area contributed by atoms with Gasteiger partial charge in [0.2, 0.25) is 11.8 Å². The Balaban J connectivity index is 1.73. The molecule has 2 amide bonds. The van der Waals surface area contributed by atoms with Crippen LogP contribution >= 0.6 is 11.8 Å². The van der Waals surface area contributed by atoms with Gasteiger partial charge in [-0.2, -0.15) is 0 Å². The lowest BCUT2D eigenvalue weighted by Gasteiger charge is -2.29. The summed E-state index contributed by atoms with van der Waals surface area (Å²) in [5.74, 6) is 0.703. The number of fused-ring (bicyclic) bond motifs is 1. The zero-order chi connectivity index (χ0) is 22.5. The largest absolute Gasteiger partial charge is 0.370 e. The number of nitrogens with zero attached hydrogens (tertiary/aromatic N) is 5. The molecule has 2 heterocycles. The quantitative estimate of drug-likeness (QED) is 0.354. The number of benzene rings is 1. The molecule has 2 N–H and O–H groups in total. The summed E-state index contributed by atoms with van der Waals surface area (Å²) in [4.78, 5) is 36.4. The van der Waals surface area contributed by atoms with Crippen LogP contribution < -0.4 is 10.6 Å². The number of non-ortho nitro benzene ring substituents is 1. The van der Waals surface area contributed by atoms with Gasteiger partial charge in [-0.15, -0.1) is 10.2 Å². The van der Waals surface area contributed by atoms with Crippen molar-refractivity contribution in [3.63, 3.8) is 0 Å². The first-order valence-corrected chi connectivity index (χ1v) is 11.2. The number of aryl methyl sites for hydroxylation is 2. The van der Waals surface area contributed by atoms with Gasteiger partial charge in [-0.1, -0.05) is 25.6 Å². The Kier molecular flexibility index (Phi) is 7.26. The van der Waals surface area contributed by atoms with Crippen molar-refractivity contribution >= 4 is 35.0 Å². The van der Waals surface area contributed by atoms with Crippen molar-refractivity contribution in [2.45, 2.75) is 51.2 Å². The average Bonchev–Trinajstić information content (AvgIpc) is 3.10. The maximum Gasteiger partial charge on any atom is 0.269 e. The van der Waals surface area contributed by atoms with E-state index in [1.165, 1.54) is 17.8 Å². The lowest BCUT2D eigenvalue weighted by Crippen LogP contribution is -2.36. The van der Waals surface area contributed by atoms with E-state index in [4.69, 9.17) is 5.73 Å². The number of nitro groups is 1. The average molecular weight is 447 g/mol. The summed E-state index contributed by atoms with van der Waals surface area (Å²) >= 11 is 1.30. The van der Waals surface area contributed by atoms with Gasteiger partial charge in [-0.3, -0.25) is 19.7 Å². The predicted octanol–water partition coefficient (Wildman–Crippen LogP) is 2.33. The molecule has 31 heavy (non-hydrogen) atoms. The van der Waals surface area contributed by atoms with Gasteiger partial charge >= 0.3 is 0 Å². The second-order valence-electron chi connectivity index (χ2n) is 7.88. The second-order valence-corrected chi connectivity index (χ2v) is 8.82. The number of amides is 2. The molecule has 0 bridgehead atoms. The molecule has 0 atom stereocenters. The van der Waals surface area contributed by atoms with Gasteiger partial charge in [0.05, 0.1) is 10.7 Å². The number of primary amides is 1. The number of hydrogen-bond acceptors (Lipinski definition) is 7. The third kappa shape index (κ3) is 5.60. The van der Waals surface area contributed by atoms with Crippen LogP contribution in [0, 0.1) is 16.0 Å². The van der Waals surface area contributed by atoms with Gasteiger partial charge < -0.3 is 15.2 Å². The zero-order valence-electron chi connectivity index (χ0n) is 17.6. The Hall–Kier alpha value is -2.95. The molecule has 10 nitrogen and oxygen atoms in total. The lowest BCUT2D eigenvalue weighted by molar-refractivity contribution is -0.384. The molecule has 0 fully saturated rings. The Morgan fingerprint density at radius 2 is 2.10 bits per heavy atom. The molecule has 0 radical (unpaired) electrons. The number of carbonyl (C=O) groups is 2. The molecule has 3 rings (SSSR count). The van der Waals surface area contributed by atoms with E-state index in [-0.39, 0.29) is 23.8 Å². The fourth-order valence-electron chi connectivity index (χ4n) is 3.55. The third-order valence-corrected chi connectivity index (χ3v) is 5.91. The summed E-state index contributed by atoms with van der Waals surface area (Å²) < 4.78 is 1.94. The van der Waals surface area contributed by atoms with E-state index in [0.717, 1.165) is 17.7 Å². The Bertz CT molecular complexity index is 990. The lowest BCUT2D eigenvalue weighted by atomic mass is 10.0. The van der Waals surface area contributed by atoms with Crippen LogP contribution in [-0.4, -0.2) is 43.8 Å². The zero-order valence-corrected chi connectivity index (χ0v) is 18.4. The van der Waals surface area contributed by atoms with E-state index in [1.807, 2.05) is 4.57 Å². The Labute approximate surface area is 184 Å². The maximum atomic E-state index is 13.0. The van der Waals surface area contributed by atoms with Crippen LogP contribution in [0.1, 0.15) is 38.1 Å². The van der Waals surface area contributed by atoms with Crippen molar-refractivity contribution < 1.29 is 14.5 Å². The first-order chi connectivity index (χ1) is 14.8. The van der Waals surface area contributed by atoms with Crippen molar-refractivity contribution in [2.24, 2.45) is 11.7 Å². The van der Waals surface area contributed by atoms with Gasteiger partial charge in [-0.05, 0) is 30.4 Å². The van der Waals surface area contributed by atoms with Crippen LogP contribution in [0.4, 0.5) is 11.4 Å². The minimum atomic E-state index is -0.422. The number of nitrogens with two attached hydrogens (primary N) is 1. The van der Waals surface area contributed by atoms with Gasteiger partial charge in [0, 0.05) is 43.8 Å². The second kappa shape index (κ2) is 9.90. The number of rotatable bonds is 9. The summed E-state index contributed by atoms with van der Waals surface area (Å²) in [6, 6.07) is 4.63. The molecule has 0 unspecified atom stereocenters. The fraction of sp³-hybridized carbons (Fsp3) is 0.500. The molecule has 11 heteroatoms. The van der Waals surface area contributed by atoms with E-state index >= 15 is 0 Å². The van der Waals surface area contributed by atoms with E-state index in [2.05, 4.69) is 24.0 Å². The highest BCUT2D eigenvalue weighted by atomic mass is 32.2. The smallest absolute Gasteiger partial charge is 0.269 e. The molecule has 2 aromatic rings. The monoisotopic (exact) mass is 446 g/mol. The Morgan fingerprint density at radius 1 is 1.32 bits per heavy atom. The van der Waals surface area contributed by atoms with Crippen molar-refractivity contribution in [3.8, 4) is 0 Å². The van der Waals surface area contributed by atoms with Crippen LogP contribution in [-0.2, 0) is 29.0 Å². The number of thioether (sulfide) groups is 1. The van der Waals surface area contributed by atoms with E-state index in [0.29, 0.717) is 42.8 Å². The van der Waals surface area contributed by atoms with Crippen LogP contribution in [0.5, 0.6) is 0 Å². The molecular weight excluding hydrogens is 420 g/mol. The highest BCUT2D eigenvalue weighted by molar-refractivity contribution is 7.99. The maximum absolute atomic E-state index is 13.0. The number of aromatic nitrogens is 3. The summed E-state index contributed by atoms with van der Waals surface area (Å²) in [5, 5.41) is 20.1. The topological polar surface area (TPSA) is 137 Å². The van der Waals surface area contributed by atoms with Crippen molar-refractivity contribution in [1.82, 2.24) is 14.8 Å². The van der Waals surface area contributed by atoms with Gasteiger partial charge in [0.15, 0.2) is 5.16 Å². The fourth-order valence-corrected chi connectivity index (χ4v) is 4.40. The number of carbonyl (C=O) groups excluding carboxylic acids is 2. The molecule has 1 aromatic heterocycles. The first kappa shape index (κ1) is 22.7. The molecule has 1 aliphatic heterocycles. The van der Waals surface area contributed by atoms with E-state index in [9.17, 15) is 19.7 Å². The summed E-state index contributed by atoms with van der Waals surface area (Å²) in [6.45, 7) is 5.39. The number of hydrogen-bond donors (Lipinski definition) is 1. The summed E-state index contributed by atoms with van der Waals surface area (Å²) in [6.07, 6.45) is 2.06. The molecular formula is C20H26N6O4S. The normalized spacial score (nSPS) is 13.3. The minimum Gasteiger partial charge on any atom is -0.370 e. The molecule has 0 saturated heterocycles. The summed E-state index contributed by atoms with van der Waals surface area (Å²) in [5.41, 5.74) is 6.84. The van der Waals surface area contributed by atoms with Crippen LogP contribution in [0.3, 0.4) is 0 Å². The highest BCUT2D eigenvalue weighted by Gasteiger charge is 2.25. The van der Waals surface area contributed by atoms with Gasteiger partial charge in [0.25, 0.3) is 5.69 Å². The van der Waals surface area contributed by atoms with Gasteiger partial charge in [0.1, 0.15) is 5.82 Å². The van der Waals surface area contributed by atoms with Crippen LogP contribution in [0.15, 0.2) is 23.4 Å². The highest BCUT2D eigenvalue weighted by Crippen LogP contribution is 2.31. The molecule has 166 valence electrons. The molecule has 1 aromatic carbocycles. The minimum absolute atomic E-state index is 0.0349. The molecule has 0 saturated carbocycles. The van der Waals surface area contributed by atoms with Crippen LogP contribution in [0.2, 0.25) is 0 Å². The molecule has 1 aliphatic rings. The van der Waals surface area contributed by atoms with E-state index < -0.39 is 10.8 Å². The number of nitro benzene ring substituents is 1. The van der Waals surface area contributed by atoms with Crippen molar-refractivity contribution in [3.05, 3.63) is 39.7 Å². The first-order valence-electron chi connectivity index (χ1n) is 10.2. The summed E-state index contributed by atoms with van der Waals surface area (Å²) in [7, 11) is 0. The van der Waals surface area contributed by atoms with Gasteiger partial charge in [-0.25, -0.2) is 0 Å². The van der Waals surface area contributed by atoms with Crippen LogP contribution in [0.25, 0.3) is 0 Å². The SMILES string of the molecule is CC(C)Cn1c(CCC(N)=O)nnc1SCC(=O)N1CCCc2cc([N+](=O)[O-])ccc21. The standard InChI is InChI=1S/C20H26N6O4S/c1-13(2)11-25-18(8-7-17(21)27)22-23-20(25)31-12-19(28)24-9-3-4-14-10-15(26(29)30)5-6-16(14)24/h5-6,10,13H,3-4,7-9,11-12H2,1-2H3,(H2,21,27). The number of anilines is 1. The predicted molar refractivity (Wildman–Crippen MR) is 117 cm³/mol. The van der Waals surface area contributed by atoms with E-state index in [1.54, 1.807) is 17.0 Å². The van der Waals surface area contributed by atoms with Crippen molar-refractivity contribution in [1.29, 1.82) is 0 Å². The van der Waals surface area contributed by atoms with Crippen molar-refractivity contribution in [2.75, 3.05) is 17.2 Å². The molecule has 0 spiro atoms. The third-order valence-electron chi connectivity index (χ3n) is 4.95. The Morgan fingerprint density at radius 3 is 2.77 bits per heavy atom. The molecule has 0 aliphatic carbocycles.